The fourth-order valence-electron chi connectivity index (χ4n) is 3.63. The van der Waals surface area contributed by atoms with Crippen LogP contribution in [-0.4, -0.2) is 11.2 Å². The second-order valence-electron chi connectivity index (χ2n) is 8.00. The van der Waals surface area contributed by atoms with Crippen molar-refractivity contribution >= 4 is 11.4 Å². The lowest BCUT2D eigenvalue weighted by atomic mass is 10.0. The molecule has 0 aliphatic heterocycles. The van der Waals surface area contributed by atoms with Crippen LogP contribution in [0.25, 0.3) is 0 Å². The van der Waals surface area contributed by atoms with Crippen molar-refractivity contribution in [2.24, 2.45) is 0 Å². The van der Waals surface area contributed by atoms with Crippen molar-refractivity contribution < 1.29 is 5.11 Å². The van der Waals surface area contributed by atoms with Gasteiger partial charge in [-0.15, -0.1) is 0 Å². The molecule has 1 unspecified atom stereocenters. The number of nitrogens with one attached hydrogen (secondary N) is 1. The van der Waals surface area contributed by atoms with Crippen LogP contribution in [0.15, 0.2) is 54.6 Å². The molecular weight excluding hydrogens is 342 g/mol. The first-order valence-corrected chi connectivity index (χ1v) is 11.4. The Bertz CT molecular complexity index is 608. The SMILES string of the molecule is CCCCCCCCCC(O)CCCCc1ccc(Nc2ccccc2)cc1. The summed E-state index contributed by atoms with van der Waals surface area (Å²) >= 11 is 0. The topological polar surface area (TPSA) is 32.3 Å². The van der Waals surface area contributed by atoms with Crippen molar-refractivity contribution in [2.45, 2.75) is 90.1 Å². The molecule has 0 spiro atoms. The molecule has 154 valence electrons. The molecule has 0 bridgehead atoms. The number of benzene rings is 2. The summed E-state index contributed by atoms with van der Waals surface area (Å²) in [5.74, 6) is 0. The van der Waals surface area contributed by atoms with E-state index in [0.29, 0.717) is 0 Å². The molecule has 2 N–H and O–H groups in total. The highest BCUT2D eigenvalue weighted by Crippen LogP contribution is 2.18. The van der Waals surface area contributed by atoms with Gasteiger partial charge in [-0.3, -0.25) is 0 Å². The lowest BCUT2D eigenvalue weighted by Crippen LogP contribution is -2.06. The molecule has 0 fully saturated rings. The Balaban J connectivity index is 1.52. The zero-order chi connectivity index (χ0) is 19.9. The van der Waals surface area contributed by atoms with Crippen LogP contribution in [0.2, 0.25) is 0 Å². The highest BCUT2D eigenvalue weighted by Gasteiger charge is 2.04. The fourth-order valence-corrected chi connectivity index (χ4v) is 3.63. The van der Waals surface area contributed by atoms with Gasteiger partial charge in [0.05, 0.1) is 6.10 Å². The minimum Gasteiger partial charge on any atom is -0.393 e. The van der Waals surface area contributed by atoms with Gasteiger partial charge >= 0.3 is 0 Å². The number of aliphatic hydroxyl groups excluding tert-OH is 1. The van der Waals surface area contributed by atoms with E-state index >= 15 is 0 Å². The van der Waals surface area contributed by atoms with Crippen molar-refractivity contribution in [3.05, 3.63) is 60.2 Å². The quantitative estimate of drug-likeness (QED) is 0.311. The van der Waals surface area contributed by atoms with E-state index in [4.69, 9.17) is 0 Å². The standard InChI is InChI=1S/C26H39NO/c1-2-3-4-5-6-7-11-17-26(28)18-13-12-14-23-19-21-25(22-20-23)27-24-15-9-8-10-16-24/h8-10,15-16,19-22,26-28H,2-7,11-14,17-18H2,1H3. The molecule has 0 saturated heterocycles. The van der Waals surface area contributed by atoms with Crippen LogP contribution >= 0.6 is 0 Å². The Kier molecular flexibility index (Phi) is 11.4. The summed E-state index contributed by atoms with van der Waals surface area (Å²) in [5, 5.41) is 13.6. The Hall–Kier alpha value is -1.80. The van der Waals surface area contributed by atoms with E-state index in [-0.39, 0.29) is 6.10 Å². The molecule has 0 aromatic heterocycles. The van der Waals surface area contributed by atoms with Crippen LogP contribution in [0.1, 0.15) is 83.1 Å². The molecule has 2 aromatic rings. The van der Waals surface area contributed by atoms with Crippen molar-refractivity contribution in [3.8, 4) is 0 Å². The molecule has 28 heavy (non-hydrogen) atoms. The summed E-state index contributed by atoms with van der Waals surface area (Å²) in [6.07, 6.45) is 14.4. The van der Waals surface area contributed by atoms with Crippen LogP contribution in [0.3, 0.4) is 0 Å². The van der Waals surface area contributed by atoms with Crippen molar-refractivity contribution in [3.63, 3.8) is 0 Å². The summed E-state index contributed by atoms with van der Waals surface area (Å²) < 4.78 is 0. The maximum Gasteiger partial charge on any atom is 0.0540 e. The Morgan fingerprint density at radius 1 is 0.679 bits per heavy atom. The molecule has 0 saturated carbocycles. The molecule has 0 amide bonds. The molecule has 0 aliphatic rings. The van der Waals surface area contributed by atoms with Crippen LogP contribution in [0.5, 0.6) is 0 Å². The number of rotatable bonds is 15. The third-order valence-corrected chi connectivity index (χ3v) is 5.41. The van der Waals surface area contributed by atoms with E-state index in [1.807, 2.05) is 18.2 Å². The van der Waals surface area contributed by atoms with Gasteiger partial charge in [0.1, 0.15) is 0 Å². The Morgan fingerprint density at radius 2 is 1.25 bits per heavy atom. The molecule has 2 nitrogen and oxygen atoms in total. The number of para-hydroxylation sites is 1. The minimum absolute atomic E-state index is 0.104. The second-order valence-corrected chi connectivity index (χ2v) is 8.00. The number of anilines is 2. The van der Waals surface area contributed by atoms with Crippen molar-refractivity contribution in [2.75, 3.05) is 5.32 Å². The highest BCUT2D eigenvalue weighted by atomic mass is 16.3. The van der Waals surface area contributed by atoms with E-state index in [0.717, 1.165) is 43.5 Å². The van der Waals surface area contributed by atoms with E-state index in [9.17, 15) is 5.11 Å². The van der Waals surface area contributed by atoms with Crippen LogP contribution in [0, 0.1) is 0 Å². The molecule has 0 heterocycles. The summed E-state index contributed by atoms with van der Waals surface area (Å²) in [5.41, 5.74) is 3.62. The number of aryl methyl sites for hydroxylation is 1. The monoisotopic (exact) mass is 381 g/mol. The zero-order valence-electron chi connectivity index (χ0n) is 17.7. The molecule has 2 aromatic carbocycles. The lowest BCUT2D eigenvalue weighted by molar-refractivity contribution is 0.147. The first-order valence-electron chi connectivity index (χ1n) is 11.4. The summed E-state index contributed by atoms with van der Waals surface area (Å²) in [6, 6.07) is 19.0. The first-order chi connectivity index (χ1) is 13.8. The molecule has 0 radical (unpaired) electrons. The molecular formula is C26H39NO. The lowest BCUT2D eigenvalue weighted by Gasteiger charge is -2.11. The van der Waals surface area contributed by atoms with Crippen molar-refractivity contribution in [1.29, 1.82) is 0 Å². The molecule has 1 atom stereocenters. The van der Waals surface area contributed by atoms with Gasteiger partial charge < -0.3 is 10.4 Å². The highest BCUT2D eigenvalue weighted by molar-refractivity contribution is 5.59. The fraction of sp³-hybridized carbons (Fsp3) is 0.538. The van der Waals surface area contributed by atoms with E-state index in [1.165, 1.54) is 50.5 Å². The summed E-state index contributed by atoms with van der Waals surface area (Å²) in [6.45, 7) is 2.26. The number of hydrogen-bond acceptors (Lipinski definition) is 2. The minimum atomic E-state index is -0.104. The van der Waals surface area contributed by atoms with Gasteiger partial charge in [0.25, 0.3) is 0 Å². The predicted octanol–water partition coefficient (Wildman–Crippen LogP) is 7.64. The Morgan fingerprint density at radius 3 is 1.93 bits per heavy atom. The molecule has 2 rings (SSSR count). The number of unbranched alkanes of at least 4 members (excludes halogenated alkanes) is 7. The predicted molar refractivity (Wildman–Crippen MR) is 122 cm³/mol. The van der Waals surface area contributed by atoms with Gasteiger partial charge in [0.2, 0.25) is 0 Å². The van der Waals surface area contributed by atoms with Gasteiger partial charge in [0, 0.05) is 11.4 Å². The van der Waals surface area contributed by atoms with Crippen LogP contribution < -0.4 is 5.32 Å². The average Bonchev–Trinajstić information content (AvgIpc) is 2.72. The van der Waals surface area contributed by atoms with E-state index in [1.54, 1.807) is 0 Å². The van der Waals surface area contributed by atoms with Crippen LogP contribution in [-0.2, 0) is 6.42 Å². The van der Waals surface area contributed by atoms with Crippen molar-refractivity contribution in [1.82, 2.24) is 0 Å². The summed E-state index contributed by atoms with van der Waals surface area (Å²) in [4.78, 5) is 0. The van der Waals surface area contributed by atoms with E-state index in [2.05, 4.69) is 48.6 Å². The van der Waals surface area contributed by atoms with Gasteiger partial charge in [-0.05, 0) is 55.5 Å². The average molecular weight is 382 g/mol. The third kappa shape index (κ3) is 9.94. The van der Waals surface area contributed by atoms with Gasteiger partial charge in [0.15, 0.2) is 0 Å². The maximum absolute atomic E-state index is 10.2. The largest absolute Gasteiger partial charge is 0.393 e. The Labute approximate surface area is 172 Å². The molecule has 0 aliphatic carbocycles. The maximum atomic E-state index is 10.2. The zero-order valence-corrected chi connectivity index (χ0v) is 17.7. The smallest absolute Gasteiger partial charge is 0.0540 e. The van der Waals surface area contributed by atoms with E-state index < -0.39 is 0 Å². The normalized spacial score (nSPS) is 12.1. The third-order valence-electron chi connectivity index (χ3n) is 5.41. The first kappa shape index (κ1) is 22.5. The van der Waals surface area contributed by atoms with Gasteiger partial charge in [-0.1, -0.05) is 88.6 Å². The molecule has 2 heteroatoms. The van der Waals surface area contributed by atoms with Crippen LogP contribution in [0.4, 0.5) is 11.4 Å². The second kappa shape index (κ2) is 14.2. The van der Waals surface area contributed by atoms with Gasteiger partial charge in [-0.2, -0.15) is 0 Å². The summed E-state index contributed by atoms with van der Waals surface area (Å²) in [7, 11) is 0. The van der Waals surface area contributed by atoms with Gasteiger partial charge in [-0.25, -0.2) is 0 Å². The number of hydrogen-bond donors (Lipinski definition) is 2. The number of aliphatic hydroxyl groups is 1.